The zero-order valence-electron chi connectivity index (χ0n) is 19.5. The summed E-state index contributed by atoms with van der Waals surface area (Å²) in [6, 6.07) is 10.6. The van der Waals surface area contributed by atoms with Crippen molar-refractivity contribution in [3.8, 4) is 17.2 Å². The molecule has 1 aromatic heterocycles. The first-order valence-corrected chi connectivity index (χ1v) is 13.5. The highest BCUT2D eigenvalue weighted by molar-refractivity contribution is 6.74. The molecule has 5 nitrogen and oxygen atoms in total. The summed E-state index contributed by atoms with van der Waals surface area (Å²) in [7, 11) is -1.76. The number of hydrogen-bond donors (Lipinski definition) is 0. The van der Waals surface area contributed by atoms with Gasteiger partial charge in [0.05, 0.1) is 6.61 Å². The van der Waals surface area contributed by atoms with Crippen LogP contribution in [0.2, 0.25) is 18.1 Å². The van der Waals surface area contributed by atoms with Crippen molar-refractivity contribution in [2.45, 2.75) is 65.7 Å². The van der Waals surface area contributed by atoms with Crippen molar-refractivity contribution in [2.24, 2.45) is 4.99 Å². The summed E-state index contributed by atoms with van der Waals surface area (Å²) in [5, 5.41) is 10.1. The van der Waals surface area contributed by atoms with Gasteiger partial charge in [-0.25, -0.2) is 4.99 Å². The van der Waals surface area contributed by atoms with Gasteiger partial charge in [0.1, 0.15) is 11.6 Å². The van der Waals surface area contributed by atoms with E-state index in [0.717, 1.165) is 24.1 Å². The Hall–Kier alpha value is -2.36. The van der Waals surface area contributed by atoms with Crippen molar-refractivity contribution < 1.29 is 9.16 Å². The Labute approximate surface area is 182 Å². The molecule has 1 heterocycles. The van der Waals surface area contributed by atoms with Gasteiger partial charge in [-0.15, -0.1) is 0 Å². The second-order valence-corrected chi connectivity index (χ2v) is 13.9. The molecule has 0 unspecified atom stereocenters. The van der Waals surface area contributed by atoms with Crippen LogP contribution >= 0.6 is 0 Å². The van der Waals surface area contributed by atoms with Crippen LogP contribution in [0.3, 0.4) is 0 Å². The fourth-order valence-electron chi connectivity index (χ4n) is 2.86. The van der Waals surface area contributed by atoms with Crippen molar-refractivity contribution in [1.82, 2.24) is 4.57 Å². The van der Waals surface area contributed by atoms with E-state index in [1.165, 1.54) is 12.0 Å². The lowest BCUT2D eigenvalue weighted by atomic mass is 10.0. The first-order chi connectivity index (χ1) is 14.1. The Balaban J connectivity index is 2.26. The van der Waals surface area contributed by atoms with E-state index in [0.29, 0.717) is 24.6 Å². The smallest absolute Gasteiger partial charge is 0.191 e. The van der Waals surface area contributed by atoms with Crippen LogP contribution < -0.4 is 0 Å². The van der Waals surface area contributed by atoms with E-state index < -0.39 is 8.32 Å². The molecule has 0 aliphatic carbocycles. The fourth-order valence-corrected chi connectivity index (χ4v) is 3.95. The van der Waals surface area contributed by atoms with Crippen molar-refractivity contribution in [3.63, 3.8) is 0 Å². The third-order valence-electron chi connectivity index (χ3n) is 5.75. The van der Waals surface area contributed by atoms with Crippen LogP contribution in [0.1, 0.15) is 45.2 Å². The average Bonchev–Trinajstić information content (AvgIpc) is 3.02. The Morgan fingerprint density at radius 3 is 2.43 bits per heavy atom. The van der Waals surface area contributed by atoms with E-state index >= 15 is 0 Å². The topological polar surface area (TPSA) is 59.5 Å². The van der Waals surface area contributed by atoms with Gasteiger partial charge in [0, 0.05) is 24.9 Å². The van der Waals surface area contributed by atoms with Crippen LogP contribution in [0.15, 0.2) is 35.5 Å². The van der Waals surface area contributed by atoms with E-state index in [-0.39, 0.29) is 5.04 Å². The first-order valence-electron chi connectivity index (χ1n) is 10.6. The number of aromatic nitrogens is 1. The van der Waals surface area contributed by atoms with Crippen molar-refractivity contribution in [1.29, 1.82) is 5.26 Å². The third kappa shape index (κ3) is 5.84. The van der Waals surface area contributed by atoms with Crippen LogP contribution in [0, 0.1) is 18.3 Å². The van der Waals surface area contributed by atoms with Crippen LogP contribution in [0.25, 0.3) is 11.1 Å². The second kappa shape index (κ2) is 10.1. The van der Waals surface area contributed by atoms with Gasteiger partial charge >= 0.3 is 0 Å². The summed E-state index contributed by atoms with van der Waals surface area (Å²) in [6.07, 6.45) is 4.31. The SMILES string of the molecule is CCOC=Nc1c(C#N)c(-c2ccc(C)cc2)cn1CCCO[Si](C)(C)C(C)(C)C. The Morgan fingerprint density at radius 2 is 1.87 bits per heavy atom. The molecule has 6 heteroatoms. The minimum Gasteiger partial charge on any atom is -0.483 e. The number of aliphatic imine (C=N–C) groups is 1. The molecule has 2 aromatic rings. The van der Waals surface area contributed by atoms with E-state index in [1.54, 1.807) is 0 Å². The van der Waals surface area contributed by atoms with Crippen molar-refractivity contribution in [2.75, 3.05) is 13.2 Å². The standard InChI is InChI=1S/C24H35N3O2Si/c1-8-28-18-26-23-21(16-25)22(20-12-10-19(2)11-13-20)17-27(23)14-9-15-29-30(6,7)24(3,4)5/h10-13,17-18H,8-9,14-15H2,1-7H3. The summed E-state index contributed by atoms with van der Waals surface area (Å²) in [5.41, 5.74) is 3.67. The normalized spacial score (nSPS) is 12.3. The van der Waals surface area contributed by atoms with Gasteiger partial charge < -0.3 is 13.7 Å². The minimum absolute atomic E-state index is 0.194. The first kappa shape index (κ1) is 23.9. The molecule has 0 bridgehead atoms. The molecule has 0 saturated heterocycles. The molecule has 0 radical (unpaired) electrons. The third-order valence-corrected chi connectivity index (χ3v) is 10.3. The molecule has 0 spiro atoms. The lowest BCUT2D eigenvalue weighted by molar-refractivity contribution is 0.275. The number of nitriles is 1. The molecule has 0 N–H and O–H groups in total. The molecule has 0 saturated carbocycles. The van der Waals surface area contributed by atoms with Crippen molar-refractivity contribution >= 4 is 20.5 Å². The zero-order chi connectivity index (χ0) is 22.4. The molecule has 0 fully saturated rings. The van der Waals surface area contributed by atoms with Gasteiger partial charge in [-0.05, 0) is 44.0 Å². The summed E-state index contributed by atoms with van der Waals surface area (Å²) in [6.45, 7) is 17.2. The van der Waals surface area contributed by atoms with Crippen LogP contribution in [0.4, 0.5) is 5.82 Å². The van der Waals surface area contributed by atoms with Gasteiger partial charge in [0.25, 0.3) is 0 Å². The summed E-state index contributed by atoms with van der Waals surface area (Å²) >= 11 is 0. The maximum atomic E-state index is 9.86. The molecular formula is C24H35N3O2Si. The predicted octanol–water partition coefficient (Wildman–Crippen LogP) is 6.44. The zero-order valence-corrected chi connectivity index (χ0v) is 20.5. The highest BCUT2D eigenvalue weighted by atomic mass is 28.4. The molecule has 30 heavy (non-hydrogen) atoms. The Morgan fingerprint density at radius 1 is 1.20 bits per heavy atom. The predicted molar refractivity (Wildman–Crippen MR) is 127 cm³/mol. The quantitative estimate of drug-likeness (QED) is 0.201. The van der Waals surface area contributed by atoms with Crippen LogP contribution in [-0.2, 0) is 15.7 Å². The van der Waals surface area contributed by atoms with Gasteiger partial charge in [0.15, 0.2) is 20.5 Å². The highest BCUT2D eigenvalue weighted by Gasteiger charge is 2.36. The van der Waals surface area contributed by atoms with Gasteiger partial charge in [0.2, 0.25) is 0 Å². The molecule has 0 aliphatic heterocycles. The molecule has 1 aromatic carbocycles. The molecule has 0 aliphatic rings. The summed E-state index contributed by atoms with van der Waals surface area (Å²) in [4.78, 5) is 4.46. The number of benzene rings is 1. The maximum Gasteiger partial charge on any atom is 0.191 e. The minimum atomic E-state index is -1.76. The van der Waals surface area contributed by atoms with Gasteiger partial charge in [-0.2, -0.15) is 5.26 Å². The highest BCUT2D eigenvalue weighted by Crippen LogP contribution is 2.37. The molecule has 0 amide bonds. The second-order valence-electron chi connectivity index (χ2n) is 9.06. The number of nitrogens with zero attached hydrogens (tertiary/aromatic N) is 3. The average molecular weight is 426 g/mol. The lowest BCUT2D eigenvalue weighted by Gasteiger charge is -2.36. The van der Waals surface area contributed by atoms with Gasteiger partial charge in [-0.3, -0.25) is 0 Å². The van der Waals surface area contributed by atoms with Gasteiger partial charge in [-0.1, -0.05) is 50.6 Å². The number of ether oxygens (including phenoxy) is 1. The van der Waals surface area contributed by atoms with Crippen LogP contribution in [0.5, 0.6) is 0 Å². The van der Waals surface area contributed by atoms with E-state index in [4.69, 9.17) is 9.16 Å². The maximum absolute atomic E-state index is 9.86. The molecular weight excluding hydrogens is 390 g/mol. The lowest BCUT2D eigenvalue weighted by Crippen LogP contribution is -2.41. The number of hydrogen-bond acceptors (Lipinski definition) is 4. The van der Waals surface area contributed by atoms with E-state index in [1.807, 2.05) is 29.8 Å². The largest absolute Gasteiger partial charge is 0.483 e. The Kier molecular flexibility index (Phi) is 8.05. The fraction of sp³-hybridized carbons (Fsp3) is 0.500. The monoisotopic (exact) mass is 425 g/mol. The van der Waals surface area contributed by atoms with E-state index in [2.05, 4.69) is 64.0 Å². The summed E-state index contributed by atoms with van der Waals surface area (Å²) in [5.74, 6) is 0.633. The van der Waals surface area contributed by atoms with Crippen molar-refractivity contribution in [3.05, 3.63) is 41.6 Å². The van der Waals surface area contributed by atoms with E-state index in [9.17, 15) is 5.26 Å². The molecule has 0 atom stereocenters. The Bertz CT molecular complexity index is 900. The number of rotatable bonds is 9. The summed E-state index contributed by atoms with van der Waals surface area (Å²) < 4.78 is 13.6. The number of aryl methyl sites for hydroxylation is 2. The molecule has 162 valence electrons. The molecule has 2 rings (SSSR count). The van der Waals surface area contributed by atoms with Crippen LogP contribution in [-0.4, -0.2) is 32.5 Å².